The molecule has 0 heterocycles. The third-order valence-electron chi connectivity index (χ3n) is 1.06. The fraction of sp³-hybridized carbons (Fsp3) is 1.00. The Morgan fingerprint density at radius 3 is 1.15 bits per heavy atom. The average Bonchev–Trinajstić information content (AvgIpc) is 1.82. The lowest BCUT2D eigenvalue weighted by Gasteiger charge is -2.23. The van der Waals surface area contributed by atoms with Crippen LogP contribution in [0.5, 0.6) is 0 Å². The van der Waals surface area contributed by atoms with E-state index in [1.54, 1.807) is 0 Å². The zero-order chi connectivity index (χ0) is 10.9. The van der Waals surface area contributed by atoms with Crippen LogP contribution in [-0.2, 0) is 0 Å². The summed E-state index contributed by atoms with van der Waals surface area (Å²) in [5, 5.41) is 0.965. The third-order valence-corrected chi connectivity index (χ3v) is 1.06. The molecule has 0 saturated heterocycles. The fourth-order valence-corrected chi connectivity index (χ4v) is 0.382. The highest BCUT2D eigenvalue weighted by molar-refractivity contribution is 4.75. The van der Waals surface area contributed by atoms with Crippen LogP contribution in [0, 0.1) is 0 Å². The lowest BCUT2D eigenvalue weighted by Crippen LogP contribution is -2.60. The highest BCUT2D eigenvalue weighted by atomic mass is 19.4. The van der Waals surface area contributed by atoms with Gasteiger partial charge in [-0.15, -0.1) is 0 Å². The van der Waals surface area contributed by atoms with Gasteiger partial charge in [-0.25, -0.2) is 0 Å². The molecular formula is C4H7F6N3. The Kier molecular flexibility index (Phi) is 3.53. The molecule has 0 aliphatic heterocycles. The van der Waals surface area contributed by atoms with Gasteiger partial charge in [-0.1, -0.05) is 0 Å². The maximum absolute atomic E-state index is 11.6. The van der Waals surface area contributed by atoms with Crippen LogP contribution in [0.4, 0.5) is 26.3 Å². The van der Waals surface area contributed by atoms with E-state index in [0.29, 0.717) is 0 Å². The molecule has 2 unspecified atom stereocenters. The summed E-state index contributed by atoms with van der Waals surface area (Å²) >= 11 is 0. The van der Waals surface area contributed by atoms with E-state index >= 15 is 0 Å². The van der Waals surface area contributed by atoms with Gasteiger partial charge in [-0.05, 0) is 0 Å². The van der Waals surface area contributed by atoms with Crippen molar-refractivity contribution in [2.75, 3.05) is 0 Å². The van der Waals surface area contributed by atoms with E-state index in [1.165, 1.54) is 0 Å². The number of nitrogens with one attached hydrogen (secondary N) is 1. The molecule has 0 aliphatic carbocycles. The Morgan fingerprint density at radius 1 is 0.769 bits per heavy atom. The van der Waals surface area contributed by atoms with Crippen LogP contribution in [0.15, 0.2) is 0 Å². The predicted octanol–water partition coefficient (Wildman–Crippen LogP) is 0.270. The highest BCUT2D eigenvalue weighted by Crippen LogP contribution is 2.20. The Hall–Kier alpha value is -0.540. The molecule has 0 aliphatic rings. The monoisotopic (exact) mass is 211 g/mol. The summed E-state index contributed by atoms with van der Waals surface area (Å²) in [6.45, 7) is 0. The minimum absolute atomic E-state index is 0.965. The number of halogens is 6. The van der Waals surface area contributed by atoms with E-state index in [2.05, 4.69) is 11.5 Å². The molecule has 5 N–H and O–H groups in total. The number of hydrogen-bond donors (Lipinski definition) is 3. The Morgan fingerprint density at radius 2 is 1.00 bits per heavy atom. The smallest absolute Gasteiger partial charge is 0.308 e. The molecule has 0 aromatic rings. The highest BCUT2D eigenvalue weighted by Gasteiger charge is 2.44. The van der Waals surface area contributed by atoms with Crippen LogP contribution >= 0.6 is 0 Å². The van der Waals surface area contributed by atoms with Crippen molar-refractivity contribution >= 4 is 0 Å². The molecule has 0 fully saturated rings. The van der Waals surface area contributed by atoms with Gasteiger partial charge in [0.2, 0.25) is 0 Å². The van der Waals surface area contributed by atoms with E-state index in [1.807, 2.05) is 0 Å². The van der Waals surface area contributed by atoms with Gasteiger partial charge in [0.05, 0.1) is 0 Å². The zero-order valence-corrected chi connectivity index (χ0v) is 6.08. The van der Waals surface area contributed by atoms with Crippen molar-refractivity contribution in [1.29, 1.82) is 0 Å². The van der Waals surface area contributed by atoms with E-state index in [-0.39, 0.29) is 0 Å². The van der Waals surface area contributed by atoms with Crippen LogP contribution in [0.2, 0.25) is 0 Å². The summed E-state index contributed by atoms with van der Waals surface area (Å²) in [5.41, 5.74) is 8.66. The average molecular weight is 211 g/mol. The van der Waals surface area contributed by atoms with Crippen molar-refractivity contribution in [2.24, 2.45) is 11.5 Å². The molecule has 0 aromatic carbocycles. The standard InChI is InChI=1S/C4H7F6N3/c5-3(6,7)1(11)13-2(12)4(8,9)10/h1-2,13H,11-12H2. The van der Waals surface area contributed by atoms with E-state index < -0.39 is 24.7 Å². The van der Waals surface area contributed by atoms with Crippen LogP contribution < -0.4 is 16.8 Å². The Bertz CT molecular complexity index is 144. The number of alkyl halides is 6. The Balaban J connectivity index is 4.15. The molecule has 80 valence electrons. The van der Waals surface area contributed by atoms with Gasteiger partial charge in [0.25, 0.3) is 0 Å². The first-order valence-corrected chi connectivity index (χ1v) is 2.96. The lowest BCUT2D eigenvalue weighted by atomic mass is 10.4. The van der Waals surface area contributed by atoms with Crippen molar-refractivity contribution in [3.8, 4) is 0 Å². The van der Waals surface area contributed by atoms with Crippen LogP contribution in [0.25, 0.3) is 0 Å². The first-order chi connectivity index (χ1) is 5.55. The van der Waals surface area contributed by atoms with Crippen molar-refractivity contribution in [3.63, 3.8) is 0 Å². The molecule has 3 nitrogen and oxygen atoms in total. The molecule has 13 heavy (non-hydrogen) atoms. The van der Waals surface area contributed by atoms with Gasteiger partial charge in [0.15, 0.2) is 12.3 Å². The van der Waals surface area contributed by atoms with Gasteiger partial charge in [-0.2, -0.15) is 26.3 Å². The van der Waals surface area contributed by atoms with Crippen LogP contribution in [0.3, 0.4) is 0 Å². The van der Waals surface area contributed by atoms with Crippen molar-refractivity contribution in [2.45, 2.75) is 24.7 Å². The van der Waals surface area contributed by atoms with Crippen LogP contribution in [0.1, 0.15) is 0 Å². The largest absolute Gasteiger partial charge is 0.416 e. The molecule has 0 aromatic heterocycles. The summed E-state index contributed by atoms with van der Waals surface area (Å²) in [5.74, 6) is 0. The molecular weight excluding hydrogens is 204 g/mol. The van der Waals surface area contributed by atoms with Crippen LogP contribution in [-0.4, -0.2) is 24.7 Å². The van der Waals surface area contributed by atoms with Gasteiger partial charge in [-0.3, -0.25) is 5.32 Å². The summed E-state index contributed by atoms with van der Waals surface area (Å²) in [6.07, 6.45) is -15.5. The molecule has 0 saturated carbocycles. The van der Waals surface area contributed by atoms with E-state index in [9.17, 15) is 26.3 Å². The van der Waals surface area contributed by atoms with Gasteiger partial charge >= 0.3 is 12.4 Å². The fourth-order valence-electron chi connectivity index (χ4n) is 0.382. The minimum Gasteiger partial charge on any atom is -0.308 e. The lowest BCUT2D eigenvalue weighted by molar-refractivity contribution is -0.185. The second-order valence-electron chi connectivity index (χ2n) is 2.21. The Labute approximate surface area is 69.1 Å². The second-order valence-corrected chi connectivity index (χ2v) is 2.21. The number of rotatable bonds is 2. The van der Waals surface area contributed by atoms with Gasteiger partial charge in [0, 0.05) is 0 Å². The third kappa shape index (κ3) is 4.29. The molecule has 0 radical (unpaired) electrons. The summed E-state index contributed by atoms with van der Waals surface area (Å²) in [6, 6.07) is 0. The molecule has 0 spiro atoms. The normalized spacial score (nSPS) is 18.5. The molecule has 2 atom stereocenters. The van der Waals surface area contributed by atoms with E-state index in [0.717, 1.165) is 5.32 Å². The number of hydrogen-bond acceptors (Lipinski definition) is 3. The van der Waals surface area contributed by atoms with E-state index in [4.69, 9.17) is 0 Å². The summed E-state index contributed by atoms with van der Waals surface area (Å²) in [4.78, 5) is 0. The second kappa shape index (κ2) is 3.68. The van der Waals surface area contributed by atoms with Crippen molar-refractivity contribution in [3.05, 3.63) is 0 Å². The maximum Gasteiger partial charge on any atom is 0.416 e. The summed E-state index contributed by atoms with van der Waals surface area (Å²) < 4.78 is 69.5. The number of nitrogens with two attached hydrogens (primary N) is 2. The van der Waals surface area contributed by atoms with Gasteiger partial charge < -0.3 is 11.5 Å². The SMILES string of the molecule is NC(NC(N)C(F)(F)F)C(F)(F)F. The molecule has 0 rings (SSSR count). The molecule has 0 bridgehead atoms. The topological polar surface area (TPSA) is 64.1 Å². The van der Waals surface area contributed by atoms with Crippen molar-refractivity contribution in [1.82, 2.24) is 5.32 Å². The quantitative estimate of drug-likeness (QED) is 0.453. The summed E-state index contributed by atoms with van der Waals surface area (Å²) in [7, 11) is 0. The zero-order valence-electron chi connectivity index (χ0n) is 6.08. The predicted molar refractivity (Wildman–Crippen MR) is 31.2 cm³/mol. The first kappa shape index (κ1) is 12.5. The minimum atomic E-state index is -4.96. The first-order valence-electron chi connectivity index (χ1n) is 2.96. The van der Waals surface area contributed by atoms with Crippen molar-refractivity contribution < 1.29 is 26.3 Å². The van der Waals surface area contributed by atoms with Gasteiger partial charge in [0.1, 0.15) is 0 Å². The molecule has 0 amide bonds. The molecule has 9 heteroatoms. The maximum atomic E-state index is 11.6.